The molecular formula is C12H12N4O2. The molecule has 0 aliphatic rings. The number of benzene rings is 1. The molecule has 0 aliphatic heterocycles. The molecule has 1 aromatic rings. The highest BCUT2D eigenvalue weighted by molar-refractivity contribution is 6.58. The van der Waals surface area contributed by atoms with Gasteiger partial charge in [-0.15, -0.1) is 0 Å². The SMILES string of the molecule is CCOC(=O)C(=N)/C=N\Nc1cccc(C#N)c1. The highest BCUT2D eigenvalue weighted by Crippen LogP contribution is 2.09. The second kappa shape index (κ2) is 6.81. The number of esters is 1. The van der Waals surface area contributed by atoms with Crippen LogP contribution in [-0.4, -0.2) is 24.5 Å². The first-order chi connectivity index (χ1) is 8.67. The van der Waals surface area contributed by atoms with Gasteiger partial charge in [0.1, 0.15) is 0 Å². The van der Waals surface area contributed by atoms with Crippen LogP contribution in [0.1, 0.15) is 12.5 Å². The van der Waals surface area contributed by atoms with Crippen LogP contribution in [0.3, 0.4) is 0 Å². The topological polar surface area (TPSA) is 98.3 Å². The quantitative estimate of drug-likeness (QED) is 0.466. The van der Waals surface area contributed by atoms with Crippen molar-refractivity contribution in [2.45, 2.75) is 6.92 Å². The minimum atomic E-state index is -0.728. The average molecular weight is 244 g/mol. The average Bonchev–Trinajstić information content (AvgIpc) is 2.39. The fraction of sp³-hybridized carbons (Fsp3) is 0.167. The summed E-state index contributed by atoms with van der Waals surface area (Å²) in [5.74, 6) is -0.728. The van der Waals surface area contributed by atoms with Gasteiger partial charge < -0.3 is 4.74 Å². The lowest BCUT2D eigenvalue weighted by Gasteiger charge is -2.00. The Morgan fingerprint density at radius 3 is 3.11 bits per heavy atom. The van der Waals surface area contributed by atoms with E-state index in [0.717, 1.165) is 6.21 Å². The summed E-state index contributed by atoms with van der Waals surface area (Å²) in [6.07, 6.45) is 1.05. The third-order valence-corrected chi connectivity index (χ3v) is 1.87. The number of hydrogen-bond donors (Lipinski definition) is 2. The largest absolute Gasteiger partial charge is 0.461 e. The molecule has 0 heterocycles. The van der Waals surface area contributed by atoms with E-state index < -0.39 is 5.97 Å². The van der Waals surface area contributed by atoms with Gasteiger partial charge in [-0.1, -0.05) is 6.07 Å². The first-order valence-corrected chi connectivity index (χ1v) is 5.22. The Balaban J connectivity index is 2.57. The van der Waals surface area contributed by atoms with Gasteiger partial charge in [-0.25, -0.2) is 4.79 Å². The van der Waals surface area contributed by atoms with E-state index in [1.54, 1.807) is 31.2 Å². The monoisotopic (exact) mass is 244 g/mol. The van der Waals surface area contributed by atoms with Crippen LogP contribution in [0.25, 0.3) is 0 Å². The van der Waals surface area contributed by atoms with Gasteiger partial charge in [0.05, 0.1) is 30.1 Å². The van der Waals surface area contributed by atoms with E-state index in [1.807, 2.05) is 6.07 Å². The van der Waals surface area contributed by atoms with Crippen molar-refractivity contribution >= 4 is 23.6 Å². The van der Waals surface area contributed by atoms with Crippen LogP contribution in [0.5, 0.6) is 0 Å². The maximum atomic E-state index is 11.1. The number of carbonyl (C=O) groups is 1. The van der Waals surface area contributed by atoms with Crippen molar-refractivity contribution in [2.24, 2.45) is 5.10 Å². The number of hydrogen-bond acceptors (Lipinski definition) is 6. The maximum Gasteiger partial charge on any atom is 0.357 e. The van der Waals surface area contributed by atoms with Gasteiger partial charge in [-0.05, 0) is 25.1 Å². The minimum Gasteiger partial charge on any atom is -0.461 e. The van der Waals surface area contributed by atoms with Crippen LogP contribution in [0.4, 0.5) is 5.69 Å². The molecule has 0 bridgehead atoms. The Bertz CT molecular complexity index is 517. The summed E-state index contributed by atoms with van der Waals surface area (Å²) in [7, 11) is 0. The lowest BCUT2D eigenvalue weighted by Crippen LogP contribution is -2.18. The predicted molar refractivity (Wildman–Crippen MR) is 67.6 cm³/mol. The number of nitrogens with zero attached hydrogens (tertiary/aromatic N) is 2. The van der Waals surface area contributed by atoms with E-state index in [4.69, 9.17) is 10.7 Å². The molecule has 18 heavy (non-hydrogen) atoms. The molecule has 0 fully saturated rings. The zero-order valence-electron chi connectivity index (χ0n) is 9.80. The lowest BCUT2D eigenvalue weighted by molar-refractivity contribution is -0.134. The summed E-state index contributed by atoms with van der Waals surface area (Å²) in [5.41, 5.74) is 3.37. The van der Waals surface area contributed by atoms with Gasteiger partial charge in [0.2, 0.25) is 0 Å². The second-order valence-electron chi connectivity index (χ2n) is 3.20. The predicted octanol–water partition coefficient (Wildman–Crippen LogP) is 1.54. The Morgan fingerprint density at radius 2 is 2.44 bits per heavy atom. The molecule has 0 radical (unpaired) electrons. The molecule has 0 spiro atoms. The zero-order valence-corrected chi connectivity index (χ0v) is 9.80. The maximum absolute atomic E-state index is 11.1. The van der Waals surface area contributed by atoms with Crippen molar-refractivity contribution in [3.63, 3.8) is 0 Å². The third kappa shape index (κ3) is 4.06. The summed E-state index contributed by atoms with van der Waals surface area (Å²) in [6, 6.07) is 8.67. The first-order valence-electron chi connectivity index (χ1n) is 5.22. The number of carbonyl (C=O) groups excluding carboxylic acids is 1. The Morgan fingerprint density at radius 1 is 1.67 bits per heavy atom. The van der Waals surface area contributed by atoms with Crippen LogP contribution < -0.4 is 5.43 Å². The Kier molecular flexibility index (Phi) is 5.06. The van der Waals surface area contributed by atoms with Crippen LogP contribution in [0.2, 0.25) is 0 Å². The summed E-state index contributed by atoms with van der Waals surface area (Å²) in [6.45, 7) is 1.88. The molecule has 0 aliphatic carbocycles. The molecular weight excluding hydrogens is 232 g/mol. The standard InChI is InChI=1S/C12H12N4O2/c1-2-18-12(17)11(14)8-15-16-10-5-3-4-9(6-10)7-13/h3-6,8,14,16H,2H2,1H3/b14-11?,15-8-. The number of nitriles is 1. The van der Waals surface area contributed by atoms with E-state index in [-0.39, 0.29) is 12.3 Å². The molecule has 0 aromatic heterocycles. The highest BCUT2D eigenvalue weighted by Gasteiger charge is 2.06. The van der Waals surface area contributed by atoms with Crippen molar-refractivity contribution in [3.8, 4) is 6.07 Å². The molecule has 1 rings (SSSR count). The summed E-state index contributed by atoms with van der Waals surface area (Å²) in [4.78, 5) is 11.1. The molecule has 0 amide bonds. The number of nitrogens with one attached hydrogen (secondary N) is 2. The zero-order chi connectivity index (χ0) is 13.4. The first kappa shape index (κ1) is 13.4. The van der Waals surface area contributed by atoms with Gasteiger partial charge in [-0.3, -0.25) is 10.8 Å². The molecule has 2 N–H and O–H groups in total. The fourth-order valence-electron chi connectivity index (χ4n) is 1.09. The van der Waals surface area contributed by atoms with E-state index in [9.17, 15) is 4.79 Å². The van der Waals surface area contributed by atoms with Gasteiger partial charge in [0.15, 0.2) is 5.71 Å². The van der Waals surface area contributed by atoms with E-state index in [2.05, 4.69) is 15.3 Å². The van der Waals surface area contributed by atoms with Crippen LogP contribution in [-0.2, 0) is 9.53 Å². The van der Waals surface area contributed by atoms with E-state index in [0.29, 0.717) is 11.3 Å². The number of rotatable bonds is 5. The van der Waals surface area contributed by atoms with E-state index in [1.165, 1.54) is 0 Å². The molecule has 6 heteroatoms. The molecule has 92 valence electrons. The second-order valence-corrected chi connectivity index (χ2v) is 3.20. The highest BCUT2D eigenvalue weighted by atomic mass is 16.5. The number of anilines is 1. The Hall–Kier alpha value is -2.68. The van der Waals surface area contributed by atoms with Crippen molar-refractivity contribution in [2.75, 3.05) is 12.0 Å². The van der Waals surface area contributed by atoms with Crippen LogP contribution >= 0.6 is 0 Å². The van der Waals surface area contributed by atoms with Crippen molar-refractivity contribution in [1.82, 2.24) is 0 Å². The van der Waals surface area contributed by atoms with Crippen LogP contribution in [0.15, 0.2) is 29.4 Å². The van der Waals surface area contributed by atoms with Gasteiger partial charge >= 0.3 is 5.97 Å². The molecule has 1 aromatic carbocycles. The summed E-state index contributed by atoms with van der Waals surface area (Å²) >= 11 is 0. The minimum absolute atomic E-state index is 0.215. The third-order valence-electron chi connectivity index (χ3n) is 1.87. The molecule has 0 saturated heterocycles. The number of ether oxygens (including phenoxy) is 1. The molecule has 6 nitrogen and oxygen atoms in total. The van der Waals surface area contributed by atoms with Crippen LogP contribution in [0, 0.1) is 16.7 Å². The van der Waals surface area contributed by atoms with E-state index >= 15 is 0 Å². The summed E-state index contributed by atoms with van der Waals surface area (Å²) in [5, 5.41) is 19.7. The molecule has 0 atom stereocenters. The van der Waals surface area contributed by atoms with Gasteiger partial charge in [0, 0.05) is 0 Å². The lowest BCUT2D eigenvalue weighted by atomic mass is 10.2. The summed E-state index contributed by atoms with van der Waals surface area (Å²) < 4.78 is 4.62. The molecule has 0 unspecified atom stereocenters. The van der Waals surface area contributed by atoms with Crippen molar-refractivity contribution in [1.29, 1.82) is 10.7 Å². The number of hydrazone groups is 1. The van der Waals surface area contributed by atoms with Crippen molar-refractivity contribution < 1.29 is 9.53 Å². The van der Waals surface area contributed by atoms with Crippen molar-refractivity contribution in [3.05, 3.63) is 29.8 Å². The van der Waals surface area contributed by atoms with Gasteiger partial charge in [0.25, 0.3) is 0 Å². The van der Waals surface area contributed by atoms with Gasteiger partial charge in [-0.2, -0.15) is 10.4 Å². The normalized spacial score (nSPS) is 9.78. The fourth-order valence-corrected chi connectivity index (χ4v) is 1.09. The Labute approximate surface area is 104 Å². The smallest absolute Gasteiger partial charge is 0.357 e. The molecule has 0 saturated carbocycles.